The summed E-state index contributed by atoms with van der Waals surface area (Å²) in [6, 6.07) is 11.9. The van der Waals surface area contributed by atoms with Crippen molar-refractivity contribution in [2.24, 2.45) is 0 Å². The van der Waals surface area contributed by atoms with Crippen molar-refractivity contribution in [3.63, 3.8) is 0 Å². The monoisotopic (exact) mass is 459 g/mol. The summed E-state index contributed by atoms with van der Waals surface area (Å²) in [4.78, 5) is 26.0. The molecule has 0 aliphatic carbocycles. The molecule has 170 valence electrons. The number of nitrogens with zero attached hydrogens (tertiary/aromatic N) is 2. The maximum Gasteiger partial charge on any atom is 0.265 e. The average Bonchev–Trinajstić information content (AvgIpc) is 2.78. The van der Waals surface area contributed by atoms with Crippen LogP contribution in [0.25, 0.3) is 0 Å². The molecule has 1 N–H and O–H groups in total. The Labute approximate surface area is 187 Å². The molecular weight excluding hydrogens is 434 g/mol. The van der Waals surface area contributed by atoms with Crippen LogP contribution in [0.5, 0.6) is 11.5 Å². The first-order chi connectivity index (χ1) is 15.2. The van der Waals surface area contributed by atoms with Gasteiger partial charge in [-0.1, -0.05) is 12.1 Å². The van der Waals surface area contributed by atoms with Crippen LogP contribution in [0.1, 0.15) is 12.5 Å². The van der Waals surface area contributed by atoms with E-state index in [4.69, 9.17) is 9.47 Å². The minimum Gasteiger partial charge on any atom is -0.484 e. The van der Waals surface area contributed by atoms with Gasteiger partial charge in [-0.05, 0) is 49.7 Å². The van der Waals surface area contributed by atoms with Crippen LogP contribution in [0.2, 0.25) is 0 Å². The van der Waals surface area contributed by atoms with E-state index >= 15 is 0 Å². The number of rotatable bonds is 5. The van der Waals surface area contributed by atoms with Gasteiger partial charge in [0.1, 0.15) is 11.5 Å². The quantitative estimate of drug-likeness (QED) is 0.729. The summed E-state index contributed by atoms with van der Waals surface area (Å²) in [5.41, 5.74) is 1.37. The van der Waals surface area contributed by atoms with Gasteiger partial charge in [-0.3, -0.25) is 9.59 Å². The number of nitrogens with one attached hydrogen (secondary N) is 1. The number of anilines is 1. The third kappa shape index (κ3) is 4.56. The molecule has 10 heteroatoms. The predicted molar refractivity (Wildman–Crippen MR) is 117 cm³/mol. The van der Waals surface area contributed by atoms with Crippen molar-refractivity contribution in [2.75, 3.05) is 38.1 Å². The number of carbonyl (C=O) groups excluding carboxylic acids is 2. The van der Waals surface area contributed by atoms with Crippen molar-refractivity contribution in [3.8, 4) is 11.5 Å². The van der Waals surface area contributed by atoms with Crippen molar-refractivity contribution in [2.45, 2.75) is 24.8 Å². The van der Waals surface area contributed by atoms with Gasteiger partial charge in [0.15, 0.2) is 12.7 Å². The van der Waals surface area contributed by atoms with E-state index in [1.165, 1.54) is 16.4 Å². The Morgan fingerprint density at radius 3 is 2.62 bits per heavy atom. The maximum atomic E-state index is 13.1. The van der Waals surface area contributed by atoms with Crippen molar-refractivity contribution >= 4 is 27.5 Å². The largest absolute Gasteiger partial charge is 0.484 e. The van der Waals surface area contributed by atoms with Crippen molar-refractivity contribution in [1.29, 1.82) is 0 Å². The van der Waals surface area contributed by atoms with Gasteiger partial charge < -0.3 is 19.7 Å². The standard InChI is InChI=1S/C22H25N3O6S/c1-15-4-3-5-17(12-15)30-14-21(26)24-8-10-25(11-9-24)32(28,29)18-6-7-20-19(13-18)23-22(27)16(2)31-20/h3-7,12-13,16H,8-11,14H2,1-2H3,(H,23,27). The third-order valence-electron chi connectivity index (χ3n) is 5.46. The van der Waals surface area contributed by atoms with Crippen LogP contribution in [-0.2, 0) is 19.6 Å². The van der Waals surface area contributed by atoms with Gasteiger partial charge in [0.25, 0.3) is 11.8 Å². The molecule has 1 saturated heterocycles. The first-order valence-electron chi connectivity index (χ1n) is 10.3. The van der Waals surface area contributed by atoms with Crippen LogP contribution in [0.3, 0.4) is 0 Å². The van der Waals surface area contributed by atoms with E-state index in [9.17, 15) is 18.0 Å². The lowest BCUT2D eigenvalue weighted by Crippen LogP contribution is -2.51. The zero-order valence-electron chi connectivity index (χ0n) is 17.9. The lowest BCUT2D eigenvalue weighted by atomic mass is 10.2. The first-order valence-corrected chi connectivity index (χ1v) is 11.8. The maximum absolute atomic E-state index is 13.1. The molecule has 0 bridgehead atoms. The molecule has 0 radical (unpaired) electrons. The Morgan fingerprint density at radius 1 is 1.16 bits per heavy atom. The summed E-state index contributed by atoms with van der Waals surface area (Å²) in [6.07, 6.45) is -0.634. The Hall–Kier alpha value is -3.11. The van der Waals surface area contributed by atoms with E-state index in [0.29, 0.717) is 17.2 Å². The van der Waals surface area contributed by atoms with Crippen LogP contribution in [0, 0.1) is 6.92 Å². The molecule has 0 saturated carbocycles. The Kier molecular flexibility index (Phi) is 6.07. The molecule has 2 heterocycles. The third-order valence-corrected chi connectivity index (χ3v) is 7.36. The molecule has 2 aromatic carbocycles. The van der Waals surface area contributed by atoms with E-state index in [0.717, 1.165) is 5.56 Å². The number of hydrogen-bond acceptors (Lipinski definition) is 6. The fourth-order valence-corrected chi connectivity index (χ4v) is 5.07. The van der Waals surface area contributed by atoms with Crippen molar-refractivity contribution in [3.05, 3.63) is 48.0 Å². The number of sulfonamides is 1. The van der Waals surface area contributed by atoms with Gasteiger partial charge in [-0.2, -0.15) is 4.31 Å². The van der Waals surface area contributed by atoms with Crippen molar-refractivity contribution < 1.29 is 27.5 Å². The van der Waals surface area contributed by atoms with Crippen LogP contribution in [0.4, 0.5) is 5.69 Å². The van der Waals surface area contributed by atoms with Crippen LogP contribution in [-0.4, -0.2) is 68.3 Å². The summed E-state index contributed by atoms with van der Waals surface area (Å²) < 4.78 is 38.6. The lowest BCUT2D eigenvalue weighted by Gasteiger charge is -2.34. The van der Waals surface area contributed by atoms with Gasteiger partial charge in [0.2, 0.25) is 10.0 Å². The highest BCUT2D eigenvalue weighted by Gasteiger charge is 2.32. The van der Waals surface area contributed by atoms with Gasteiger partial charge in [-0.15, -0.1) is 0 Å². The van der Waals surface area contributed by atoms with Gasteiger partial charge >= 0.3 is 0 Å². The summed E-state index contributed by atoms with van der Waals surface area (Å²) in [5.74, 6) is 0.538. The van der Waals surface area contributed by atoms with E-state index in [2.05, 4.69) is 5.32 Å². The molecule has 2 aliphatic rings. The molecule has 0 aromatic heterocycles. The molecule has 2 aromatic rings. The second-order valence-electron chi connectivity index (χ2n) is 7.80. The highest BCUT2D eigenvalue weighted by molar-refractivity contribution is 7.89. The molecule has 4 rings (SSSR count). The number of amides is 2. The predicted octanol–water partition coefficient (Wildman–Crippen LogP) is 1.63. The van der Waals surface area contributed by atoms with Crippen molar-refractivity contribution in [1.82, 2.24) is 9.21 Å². The van der Waals surface area contributed by atoms with Gasteiger partial charge in [-0.25, -0.2) is 8.42 Å². The van der Waals surface area contributed by atoms with Gasteiger partial charge in [0.05, 0.1) is 10.6 Å². The highest BCUT2D eigenvalue weighted by Crippen LogP contribution is 2.33. The molecule has 32 heavy (non-hydrogen) atoms. The molecule has 0 spiro atoms. The number of ether oxygens (including phenoxy) is 2. The fourth-order valence-electron chi connectivity index (χ4n) is 3.62. The van der Waals surface area contributed by atoms with Crippen LogP contribution in [0.15, 0.2) is 47.4 Å². The fraction of sp³-hybridized carbons (Fsp3) is 0.364. The molecule has 2 aliphatic heterocycles. The smallest absolute Gasteiger partial charge is 0.265 e. The molecule has 2 amide bonds. The van der Waals surface area contributed by atoms with E-state index < -0.39 is 16.1 Å². The number of hydrogen-bond donors (Lipinski definition) is 1. The molecule has 9 nitrogen and oxygen atoms in total. The Morgan fingerprint density at radius 2 is 1.91 bits per heavy atom. The molecule has 1 unspecified atom stereocenters. The normalized spacial score (nSPS) is 19.0. The zero-order chi connectivity index (χ0) is 22.9. The topological polar surface area (TPSA) is 105 Å². The zero-order valence-corrected chi connectivity index (χ0v) is 18.7. The summed E-state index contributed by atoms with van der Waals surface area (Å²) in [5, 5.41) is 2.66. The Balaban J connectivity index is 1.36. The van der Waals surface area contributed by atoms with E-state index in [1.54, 1.807) is 24.0 Å². The summed E-state index contributed by atoms with van der Waals surface area (Å²) in [6.45, 7) is 4.37. The second kappa shape index (κ2) is 8.79. The van der Waals surface area contributed by atoms with E-state index in [1.807, 2.05) is 25.1 Å². The van der Waals surface area contributed by atoms with Crippen LogP contribution >= 0.6 is 0 Å². The molecule has 1 atom stereocenters. The number of carbonyl (C=O) groups is 2. The minimum absolute atomic E-state index is 0.0669. The van der Waals surface area contributed by atoms with E-state index in [-0.39, 0.29) is 49.5 Å². The summed E-state index contributed by atoms with van der Waals surface area (Å²) >= 11 is 0. The van der Waals surface area contributed by atoms with Gasteiger partial charge in [0, 0.05) is 26.2 Å². The molecule has 1 fully saturated rings. The number of aryl methyl sites for hydroxylation is 1. The second-order valence-corrected chi connectivity index (χ2v) is 9.74. The average molecular weight is 460 g/mol. The number of fused-ring (bicyclic) bond motifs is 1. The summed E-state index contributed by atoms with van der Waals surface area (Å²) in [7, 11) is -3.78. The number of piperazine rings is 1. The molecular formula is C22H25N3O6S. The first kappa shape index (κ1) is 22.1. The minimum atomic E-state index is -3.78. The highest BCUT2D eigenvalue weighted by atomic mass is 32.2. The lowest BCUT2D eigenvalue weighted by molar-refractivity contribution is -0.134. The van der Waals surface area contributed by atoms with Crippen LogP contribution < -0.4 is 14.8 Å². The number of benzene rings is 2. The SMILES string of the molecule is Cc1cccc(OCC(=O)N2CCN(S(=O)(=O)c3ccc4c(c3)NC(=O)C(C)O4)CC2)c1. The Bertz CT molecular complexity index is 1140.